The Labute approximate surface area is 131 Å². The Balaban J connectivity index is 1.78. The molecular formula is C17H14O6. The predicted molar refractivity (Wildman–Crippen MR) is 77.6 cm³/mol. The molecule has 0 fully saturated rings. The molecule has 1 N–H and O–H groups in total. The Bertz CT molecular complexity index is 806. The van der Waals surface area contributed by atoms with E-state index in [1.54, 1.807) is 13.4 Å². The molecule has 0 saturated carbocycles. The molecule has 0 saturated heterocycles. The van der Waals surface area contributed by atoms with E-state index in [0.29, 0.717) is 35.7 Å². The van der Waals surface area contributed by atoms with Gasteiger partial charge in [0.1, 0.15) is 23.0 Å². The van der Waals surface area contributed by atoms with Gasteiger partial charge >= 0.3 is 5.97 Å². The van der Waals surface area contributed by atoms with E-state index in [4.69, 9.17) is 18.9 Å². The smallest absolute Gasteiger partial charge is 0.343 e. The summed E-state index contributed by atoms with van der Waals surface area (Å²) in [6.45, 7) is 0. The second kappa shape index (κ2) is 4.22. The number of hydrogen-bond donors (Lipinski definition) is 1. The number of aliphatic hydroxyl groups excluding tert-OH is 1. The van der Waals surface area contributed by atoms with Crippen molar-refractivity contribution in [2.24, 2.45) is 0 Å². The van der Waals surface area contributed by atoms with E-state index in [9.17, 15) is 9.90 Å². The van der Waals surface area contributed by atoms with Crippen LogP contribution >= 0.6 is 0 Å². The van der Waals surface area contributed by atoms with Crippen LogP contribution in [0.3, 0.4) is 0 Å². The van der Waals surface area contributed by atoms with Crippen molar-refractivity contribution in [2.45, 2.75) is 31.0 Å². The molecule has 4 aliphatic rings. The zero-order valence-corrected chi connectivity index (χ0v) is 12.4. The Hall–Kier alpha value is -2.63. The third-order valence-electron chi connectivity index (χ3n) is 4.96. The molecule has 23 heavy (non-hydrogen) atoms. The molecule has 5 rings (SSSR count). The van der Waals surface area contributed by atoms with Crippen LogP contribution in [-0.4, -0.2) is 24.5 Å². The number of aliphatic hydroxyl groups is 1. The van der Waals surface area contributed by atoms with Gasteiger partial charge in [-0.15, -0.1) is 0 Å². The van der Waals surface area contributed by atoms with Crippen LogP contribution in [0.4, 0.5) is 0 Å². The van der Waals surface area contributed by atoms with Crippen LogP contribution in [0.5, 0.6) is 17.2 Å². The number of hydrogen-bond acceptors (Lipinski definition) is 6. The molecule has 0 bridgehead atoms. The summed E-state index contributed by atoms with van der Waals surface area (Å²) in [4.78, 5) is 12.4. The minimum absolute atomic E-state index is 0.0991. The van der Waals surface area contributed by atoms with Crippen molar-refractivity contribution in [3.05, 3.63) is 40.9 Å². The zero-order chi connectivity index (χ0) is 15.7. The first kappa shape index (κ1) is 12.9. The molecule has 1 aromatic carbocycles. The summed E-state index contributed by atoms with van der Waals surface area (Å²) in [6, 6.07) is 1.82. The van der Waals surface area contributed by atoms with Crippen molar-refractivity contribution in [3.8, 4) is 17.2 Å². The zero-order valence-electron chi connectivity index (χ0n) is 12.4. The third-order valence-corrected chi connectivity index (χ3v) is 4.96. The maximum absolute atomic E-state index is 12.4. The fourth-order valence-corrected chi connectivity index (χ4v) is 3.96. The second-order valence-corrected chi connectivity index (χ2v) is 6.05. The van der Waals surface area contributed by atoms with Gasteiger partial charge in [0.2, 0.25) is 0 Å². The van der Waals surface area contributed by atoms with E-state index < -0.39 is 12.3 Å². The molecule has 0 amide bonds. The van der Waals surface area contributed by atoms with Crippen molar-refractivity contribution in [2.75, 3.05) is 7.11 Å². The molecule has 0 aromatic heterocycles. The number of carbonyl (C=O) groups excluding carboxylic acids is 1. The number of benzene rings is 1. The standard InChI is InChI=1S/C17H14O6/c1-20-10-6-11-14(8-4-5-21-17(8)22-11)15-13(10)7-2-3-9(18)12(7)16(19)23-15/h4-8,17-18H,2-3H2,1H3/t7-,8-,17+/m0/s1. The van der Waals surface area contributed by atoms with Gasteiger partial charge in [-0.25, -0.2) is 4.79 Å². The molecule has 3 heterocycles. The molecular weight excluding hydrogens is 300 g/mol. The summed E-state index contributed by atoms with van der Waals surface area (Å²) in [6.07, 6.45) is 4.22. The lowest BCUT2D eigenvalue weighted by molar-refractivity contribution is -0.131. The highest BCUT2D eigenvalue weighted by Crippen LogP contribution is 2.57. The van der Waals surface area contributed by atoms with E-state index in [2.05, 4.69) is 0 Å². The fourth-order valence-electron chi connectivity index (χ4n) is 3.96. The average molecular weight is 314 g/mol. The van der Waals surface area contributed by atoms with Crippen LogP contribution in [0.25, 0.3) is 0 Å². The highest BCUT2D eigenvalue weighted by Gasteiger charge is 2.47. The number of fused-ring (bicyclic) bond motifs is 7. The summed E-state index contributed by atoms with van der Waals surface area (Å²) in [7, 11) is 1.57. The third kappa shape index (κ3) is 1.50. The van der Waals surface area contributed by atoms with E-state index in [1.165, 1.54) is 0 Å². The molecule has 3 atom stereocenters. The Morgan fingerprint density at radius 1 is 1.35 bits per heavy atom. The lowest BCUT2D eigenvalue weighted by atomic mass is 9.85. The quantitative estimate of drug-likeness (QED) is 0.634. The molecule has 1 aliphatic carbocycles. The number of carbonyl (C=O) groups is 1. The van der Waals surface area contributed by atoms with Gasteiger partial charge in [0.15, 0.2) is 0 Å². The second-order valence-electron chi connectivity index (χ2n) is 6.05. The molecule has 3 aliphatic heterocycles. The van der Waals surface area contributed by atoms with Crippen molar-refractivity contribution >= 4 is 5.97 Å². The van der Waals surface area contributed by atoms with Crippen molar-refractivity contribution < 1.29 is 28.8 Å². The van der Waals surface area contributed by atoms with Gasteiger partial charge in [-0.05, 0) is 12.5 Å². The molecule has 0 spiro atoms. The van der Waals surface area contributed by atoms with E-state index in [1.807, 2.05) is 12.1 Å². The van der Waals surface area contributed by atoms with E-state index in [-0.39, 0.29) is 17.6 Å². The molecule has 118 valence electrons. The van der Waals surface area contributed by atoms with Crippen LogP contribution in [0, 0.1) is 0 Å². The number of methoxy groups -OCH3 is 1. The summed E-state index contributed by atoms with van der Waals surface area (Å²) in [5, 5.41) is 10.0. The topological polar surface area (TPSA) is 74.2 Å². The van der Waals surface area contributed by atoms with Gasteiger partial charge in [0, 0.05) is 24.0 Å². The summed E-state index contributed by atoms with van der Waals surface area (Å²) < 4.78 is 22.3. The normalized spacial score (nSPS) is 29.3. The van der Waals surface area contributed by atoms with Gasteiger partial charge in [-0.2, -0.15) is 0 Å². The average Bonchev–Trinajstić information content (AvgIpc) is 3.20. The van der Waals surface area contributed by atoms with Crippen molar-refractivity contribution in [1.29, 1.82) is 0 Å². The Morgan fingerprint density at radius 2 is 2.22 bits per heavy atom. The Kier molecular flexibility index (Phi) is 2.36. The molecule has 6 nitrogen and oxygen atoms in total. The molecule has 1 aromatic rings. The van der Waals surface area contributed by atoms with Crippen molar-refractivity contribution in [1.82, 2.24) is 0 Å². The summed E-state index contributed by atoms with van der Waals surface area (Å²) in [5.74, 6) is 1.05. The maximum atomic E-state index is 12.4. The van der Waals surface area contributed by atoms with Gasteiger partial charge < -0.3 is 24.1 Å². The molecule has 0 unspecified atom stereocenters. The number of rotatable bonds is 1. The van der Waals surface area contributed by atoms with Crippen molar-refractivity contribution in [3.63, 3.8) is 0 Å². The van der Waals surface area contributed by atoms with Crippen LogP contribution in [0.2, 0.25) is 0 Å². The lowest BCUT2D eigenvalue weighted by Crippen LogP contribution is -2.24. The first-order valence-electron chi connectivity index (χ1n) is 7.56. The Morgan fingerprint density at radius 3 is 3.04 bits per heavy atom. The summed E-state index contributed by atoms with van der Waals surface area (Å²) >= 11 is 0. The fraction of sp³-hybridized carbons (Fsp3) is 0.353. The minimum atomic E-state index is -0.487. The van der Waals surface area contributed by atoms with E-state index in [0.717, 1.165) is 11.1 Å². The van der Waals surface area contributed by atoms with Gasteiger partial charge in [0.25, 0.3) is 6.29 Å². The minimum Gasteiger partial charge on any atom is -0.512 e. The van der Waals surface area contributed by atoms with Gasteiger partial charge in [-0.3, -0.25) is 0 Å². The highest BCUT2D eigenvalue weighted by atomic mass is 16.7. The first-order chi connectivity index (χ1) is 11.2. The largest absolute Gasteiger partial charge is 0.512 e. The van der Waals surface area contributed by atoms with Crippen LogP contribution in [0.15, 0.2) is 29.7 Å². The van der Waals surface area contributed by atoms with Gasteiger partial charge in [-0.1, -0.05) is 0 Å². The highest BCUT2D eigenvalue weighted by molar-refractivity contribution is 5.96. The van der Waals surface area contributed by atoms with E-state index >= 15 is 0 Å². The first-order valence-corrected chi connectivity index (χ1v) is 7.56. The maximum Gasteiger partial charge on any atom is 0.343 e. The lowest BCUT2D eigenvalue weighted by Gasteiger charge is -2.27. The number of ether oxygens (including phenoxy) is 4. The van der Waals surface area contributed by atoms with Crippen LogP contribution in [0.1, 0.15) is 35.8 Å². The van der Waals surface area contributed by atoms with Gasteiger partial charge in [0.05, 0.1) is 30.4 Å². The summed E-state index contributed by atoms with van der Waals surface area (Å²) in [5.41, 5.74) is 1.98. The molecule has 6 heteroatoms. The monoisotopic (exact) mass is 314 g/mol. The molecule has 0 radical (unpaired) electrons. The predicted octanol–water partition coefficient (Wildman–Crippen LogP) is 2.65. The number of allylic oxidation sites excluding steroid dienone is 1. The SMILES string of the molecule is COc1cc2c(c3c1[C@H]1CCC(O)=C1C(=O)O3)[C@@H]1C=CO[C@@H]1O2. The van der Waals surface area contributed by atoms with Crippen LogP contribution in [-0.2, 0) is 9.53 Å². The van der Waals surface area contributed by atoms with Crippen LogP contribution < -0.4 is 14.2 Å². The number of esters is 1.